The van der Waals surface area contributed by atoms with Crippen molar-refractivity contribution in [2.75, 3.05) is 26.9 Å². The summed E-state index contributed by atoms with van der Waals surface area (Å²) in [6.07, 6.45) is 1.86. The van der Waals surface area contributed by atoms with Gasteiger partial charge in [0.15, 0.2) is 0 Å². The molecule has 1 amide bonds. The van der Waals surface area contributed by atoms with Gasteiger partial charge in [-0.1, -0.05) is 0 Å². The average molecular weight is 231 g/mol. The van der Waals surface area contributed by atoms with Crippen LogP contribution in [0.3, 0.4) is 0 Å². The Morgan fingerprint density at radius 2 is 2.44 bits per heavy atom. The smallest absolute Gasteiger partial charge is 0.249 e. The zero-order chi connectivity index (χ0) is 12.0. The fourth-order valence-corrected chi connectivity index (χ4v) is 1.59. The van der Waals surface area contributed by atoms with E-state index in [0.717, 1.165) is 12.8 Å². The minimum absolute atomic E-state index is 0.129. The number of hydrogen-bond donors (Lipinski definition) is 2. The van der Waals surface area contributed by atoms with E-state index < -0.39 is 5.60 Å². The molecule has 2 N–H and O–H groups in total. The average Bonchev–Trinajstić information content (AvgIpc) is 2.77. The van der Waals surface area contributed by atoms with Crippen molar-refractivity contribution < 1.29 is 19.4 Å². The van der Waals surface area contributed by atoms with Crippen molar-refractivity contribution >= 4 is 5.91 Å². The van der Waals surface area contributed by atoms with E-state index in [1.165, 1.54) is 0 Å². The molecule has 0 aliphatic carbocycles. The summed E-state index contributed by atoms with van der Waals surface area (Å²) in [5, 5.41) is 12.6. The van der Waals surface area contributed by atoms with E-state index in [1.54, 1.807) is 14.0 Å². The molecule has 0 radical (unpaired) electrons. The number of methoxy groups -OCH3 is 1. The molecule has 1 fully saturated rings. The van der Waals surface area contributed by atoms with Crippen molar-refractivity contribution in [3.8, 4) is 0 Å². The molecule has 5 heteroatoms. The summed E-state index contributed by atoms with van der Waals surface area (Å²) in [5.74, 6) is -0.129. The summed E-state index contributed by atoms with van der Waals surface area (Å²) in [7, 11) is 1.58. The van der Waals surface area contributed by atoms with Gasteiger partial charge in [0, 0.05) is 33.3 Å². The molecule has 0 spiro atoms. The Kier molecular flexibility index (Phi) is 5.18. The number of rotatable bonds is 6. The van der Waals surface area contributed by atoms with Crippen molar-refractivity contribution in [3.05, 3.63) is 0 Å². The maximum absolute atomic E-state index is 11.6. The Morgan fingerprint density at radius 1 is 1.69 bits per heavy atom. The van der Waals surface area contributed by atoms with Crippen molar-refractivity contribution in [2.24, 2.45) is 0 Å². The number of nitrogens with one attached hydrogen (secondary N) is 1. The second kappa shape index (κ2) is 6.18. The van der Waals surface area contributed by atoms with Gasteiger partial charge in [-0.25, -0.2) is 0 Å². The van der Waals surface area contributed by atoms with E-state index in [-0.39, 0.29) is 18.6 Å². The van der Waals surface area contributed by atoms with Gasteiger partial charge >= 0.3 is 0 Å². The van der Waals surface area contributed by atoms with Crippen LogP contribution in [0.2, 0.25) is 0 Å². The maximum atomic E-state index is 11.6. The quantitative estimate of drug-likeness (QED) is 0.679. The highest BCUT2D eigenvalue weighted by atomic mass is 16.5. The van der Waals surface area contributed by atoms with Crippen LogP contribution in [0, 0.1) is 0 Å². The van der Waals surface area contributed by atoms with Crippen molar-refractivity contribution in [1.29, 1.82) is 0 Å². The first-order valence-corrected chi connectivity index (χ1v) is 5.66. The summed E-state index contributed by atoms with van der Waals surface area (Å²) in [6, 6.07) is 0. The Hall–Kier alpha value is -0.650. The number of carbonyl (C=O) groups is 1. The first kappa shape index (κ1) is 13.4. The molecule has 0 saturated carbocycles. The normalized spacial score (nSPS) is 24.1. The lowest BCUT2D eigenvalue weighted by atomic mass is 10.0. The molecule has 2 atom stereocenters. The number of carbonyl (C=O) groups excluding carboxylic acids is 1. The molecule has 94 valence electrons. The van der Waals surface area contributed by atoms with Crippen LogP contribution in [0.25, 0.3) is 0 Å². The Bertz CT molecular complexity index is 224. The second-order valence-electron chi connectivity index (χ2n) is 4.46. The zero-order valence-corrected chi connectivity index (χ0v) is 9.99. The fourth-order valence-electron chi connectivity index (χ4n) is 1.59. The molecule has 2 unspecified atom stereocenters. The molecule has 5 nitrogen and oxygen atoms in total. The first-order chi connectivity index (χ1) is 7.55. The summed E-state index contributed by atoms with van der Waals surface area (Å²) >= 11 is 0. The van der Waals surface area contributed by atoms with Gasteiger partial charge < -0.3 is 19.9 Å². The van der Waals surface area contributed by atoms with Crippen LogP contribution in [0.15, 0.2) is 0 Å². The molecule has 0 aromatic rings. The molecule has 16 heavy (non-hydrogen) atoms. The molecule has 0 aromatic carbocycles. The van der Waals surface area contributed by atoms with Crippen LogP contribution in [-0.2, 0) is 14.3 Å². The lowest BCUT2D eigenvalue weighted by molar-refractivity contribution is -0.131. The van der Waals surface area contributed by atoms with E-state index in [0.29, 0.717) is 19.6 Å². The molecular weight excluding hydrogens is 210 g/mol. The van der Waals surface area contributed by atoms with E-state index >= 15 is 0 Å². The minimum atomic E-state index is -0.926. The van der Waals surface area contributed by atoms with Gasteiger partial charge in [-0.05, 0) is 19.8 Å². The lowest BCUT2D eigenvalue weighted by Gasteiger charge is -2.24. The van der Waals surface area contributed by atoms with Gasteiger partial charge in [-0.15, -0.1) is 0 Å². The predicted octanol–water partition coefficient (Wildman–Crippen LogP) is 0.0691. The fraction of sp³-hybridized carbons (Fsp3) is 0.909. The summed E-state index contributed by atoms with van der Waals surface area (Å²) in [6.45, 7) is 3.04. The SMILES string of the molecule is COCCC(C)(O)CNC(=O)C1CCCO1. The third-order valence-corrected chi connectivity index (χ3v) is 2.71. The van der Waals surface area contributed by atoms with Gasteiger partial charge in [0.05, 0.1) is 5.60 Å². The standard InChI is InChI=1S/C11H21NO4/c1-11(14,5-7-15-2)8-12-10(13)9-4-3-6-16-9/h9,14H,3-8H2,1-2H3,(H,12,13). The van der Waals surface area contributed by atoms with Crippen LogP contribution in [0.4, 0.5) is 0 Å². The van der Waals surface area contributed by atoms with Gasteiger partial charge in [-0.2, -0.15) is 0 Å². The summed E-state index contributed by atoms with van der Waals surface area (Å²) in [4.78, 5) is 11.6. The molecular formula is C11H21NO4. The van der Waals surface area contributed by atoms with E-state index in [1.807, 2.05) is 0 Å². The first-order valence-electron chi connectivity index (χ1n) is 5.66. The van der Waals surface area contributed by atoms with Crippen LogP contribution in [-0.4, -0.2) is 49.6 Å². The Labute approximate surface area is 96.1 Å². The van der Waals surface area contributed by atoms with Crippen LogP contribution in [0.1, 0.15) is 26.2 Å². The maximum Gasteiger partial charge on any atom is 0.249 e. The Balaban J connectivity index is 2.24. The molecule has 0 bridgehead atoms. The van der Waals surface area contributed by atoms with Gasteiger partial charge in [0.1, 0.15) is 6.10 Å². The molecule has 1 aliphatic heterocycles. The second-order valence-corrected chi connectivity index (χ2v) is 4.46. The highest BCUT2D eigenvalue weighted by Gasteiger charge is 2.26. The van der Waals surface area contributed by atoms with Crippen molar-refractivity contribution in [2.45, 2.75) is 37.9 Å². The number of hydrogen-bond acceptors (Lipinski definition) is 4. The molecule has 1 aliphatic rings. The van der Waals surface area contributed by atoms with Crippen LogP contribution < -0.4 is 5.32 Å². The predicted molar refractivity (Wildman–Crippen MR) is 59.1 cm³/mol. The zero-order valence-electron chi connectivity index (χ0n) is 9.99. The molecule has 0 aromatic heterocycles. The monoisotopic (exact) mass is 231 g/mol. The van der Waals surface area contributed by atoms with Gasteiger partial charge in [0.2, 0.25) is 5.91 Å². The van der Waals surface area contributed by atoms with Gasteiger partial charge in [0.25, 0.3) is 0 Å². The largest absolute Gasteiger partial charge is 0.388 e. The van der Waals surface area contributed by atoms with Crippen LogP contribution >= 0.6 is 0 Å². The van der Waals surface area contributed by atoms with Crippen LogP contribution in [0.5, 0.6) is 0 Å². The van der Waals surface area contributed by atoms with Crippen molar-refractivity contribution in [1.82, 2.24) is 5.32 Å². The third-order valence-electron chi connectivity index (χ3n) is 2.71. The lowest BCUT2D eigenvalue weighted by Crippen LogP contribution is -2.44. The topological polar surface area (TPSA) is 67.8 Å². The van der Waals surface area contributed by atoms with Crippen molar-refractivity contribution in [3.63, 3.8) is 0 Å². The third kappa shape index (κ3) is 4.47. The van der Waals surface area contributed by atoms with E-state index in [9.17, 15) is 9.90 Å². The summed E-state index contributed by atoms with van der Waals surface area (Å²) < 4.78 is 10.1. The summed E-state index contributed by atoms with van der Waals surface area (Å²) in [5.41, 5.74) is -0.926. The highest BCUT2D eigenvalue weighted by Crippen LogP contribution is 2.13. The van der Waals surface area contributed by atoms with E-state index in [2.05, 4.69) is 5.32 Å². The number of aliphatic hydroxyl groups is 1. The number of ether oxygens (including phenoxy) is 2. The Morgan fingerprint density at radius 3 is 3.00 bits per heavy atom. The number of amides is 1. The minimum Gasteiger partial charge on any atom is -0.388 e. The molecule has 1 saturated heterocycles. The van der Waals surface area contributed by atoms with E-state index in [4.69, 9.17) is 9.47 Å². The molecule has 1 heterocycles. The molecule has 1 rings (SSSR count). The van der Waals surface area contributed by atoms with Gasteiger partial charge in [-0.3, -0.25) is 4.79 Å². The highest BCUT2D eigenvalue weighted by molar-refractivity contribution is 5.81.